The number of hydrogen-bond acceptors (Lipinski definition) is 3. The molecular weight excluding hydrogens is 238 g/mol. The van der Waals surface area contributed by atoms with Gasteiger partial charge in [0.05, 0.1) is 5.54 Å². The van der Waals surface area contributed by atoms with Crippen molar-refractivity contribution in [1.29, 1.82) is 0 Å². The Balaban J connectivity index is 2.33. The van der Waals surface area contributed by atoms with Gasteiger partial charge in [-0.15, -0.1) is 0 Å². The van der Waals surface area contributed by atoms with E-state index in [0.29, 0.717) is 13.1 Å². The van der Waals surface area contributed by atoms with E-state index in [2.05, 4.69) is 35.3 Å². The predicted octanol–water partition coefficient (Wildman–Crippen LogP) is 1.21. The lowest BCUT2D eigenvalue weighted by atomic mass is 9.93. The van der Waals surface area contributed by atoms with Gasteiger partial charge in [-0.3, -0.25) is 9.69 Å². The lowest BCUT2D eigenvalue weighted by molar-refractivity contribution is -0.137. The van der Waals surface area contributed by atoms with E-state index < -0.39 is 5.54 Å². The zero-order valence-electron chi connectivity index (χ0n) is 11.9. The van der Waals surface area contributed by atoms with Gasteiger partial charge in [0.2, 0.25) is 5.91 Å². The van der Waals surface area contributed by atoms with Crippen molar-refractivity contribution in [3.63, 3.8) is 0 Å². The Kier molecular flexibility index (Phi) is 3.92. The number of nitrogens with two attached hydrogens (primary N) is 1. The molecule has 1 aromatic carbocycles. The molecule has 1 aliphatic rings. The third kappa shape index (κ3) is 2.65. The van der Waals surface area contributed by atoms with Crippen molar-refractivity contribution in [2.45, 2.75) is 32.4 Å². The Labute approximate surface area is 115 Å². The van der Waals surface area contributed by atoms with Gasteiger partial charge in [-0.2, -0.15) is 0 Å². The molecule has 1 fully saturated rings. The summed E-state index contributed by atoms with van der Waals surface area (Å²) in [5.74, 6) is 0.0739. The Bertz CT molecular complexity index is 470. The van der Waals surface area contributed by atoms with Crippen molar-refractivity contribution in [3.05, 3.63) is 35.4 Å². The van der Waals surface area contributed by atoms with Crippen molar-refractivity contribution in [2.75, 3.05) is 19.6 Å². The van der Waals surface area contributed by atoms with Gasteiger partial charge >= 0.3 is 0 Å². The van der Waals surface area contributed by atoms with Crippen LogP contribution in [0.3, 0.4) is 0 Å². The molecule has 19 heavy (non-hydrogen) atoms. The van der Waals surface area contributed by atoms with Gasteiger partial charge in [0, 0.05) is 25.7 Å². The molecule has 1 atom stereocenters. The fourth-order valence-corrected chi connectivity index (χ4v) is 2.78. The molecule has 4 nitrogen and oxygen atoms in total. The molecule has 0 saturated carbocycles. The highest BCUT2D eigenvalue weighted by molar-refractivity contribution is 5.86. The molecule has 2 rings (SSSR count). The van der Waals surface area contributed by atoms with Gasteiger partial charge in [0.25, 0.3) is 0 Å². The zero-order valence-corrected chi connectivity index (χ0v) is 11.9. The SMILES string of the molecule is Cc1cccc(C(CN)N2CCNC(=O)C2(C)C)c1. The van der Waals surface area contributed by atoms with E-state index in [9.17, 15) is 4.79 Å². The van der Waals surface area contributed by atoms with Crippen LogP contribution in [-0.2, 0) is 4.79 Å². The quantitative estimate of drug-likeness (QED) is 0.859. The van der Waals surface area contributed by atoms with E-state index in [1.807, 2.05) is 19.9 Å². The zero-order chi connectivity index (χ0) is 14.0. The highest BCUT2D eigenvalue weighted by atomic mass is 16.2. The minimum absolute atomic E-state index is 0.0739. The van der Waals surface area contributed by atoms with Gasteiger partial charge in [-0.1, -0.05) is 29.8 Å². The number of carbonyl (C=O) groups is 1. The average Bonchev–Trinajstić information content (AvgIpc) is 2.36. The number of nitrogens with zero attached hydrogens (tertiary/aromatic N) is 1. The summed E-state index contributed by atoms with van der Waals surface area (Å²) in [6.45, 7) is 8.02. The van der Waals surface area contributed by atoms with E-state index in [4.69, 9.17) is 5.73 Å². The van der Waals surface area contributed by atoms with Gasteiger partial charge in [0.15, 0.2) is 0 Å². The summed E-state index contributed by atoms with van der Waals surface area (Å²) in [6.07, 6.45) is 0. The number of benzene rings is 1. The molecule has 1 aliphatic heterocycles. The van der Waals surface area contributed by atoms with Crippen molar-refractivity contribution >= 4 is 5.91 Å². The van der Waals surface area contributed by atoms with Crippen LogP contribution in [0.5, 0.6) is 0 Å². The molecule has 1 saturated heterocycles. The second kappa shape index (κ2) is 5.31. The molecule has 1 heterocycles. The minimum atomic E-state index is -0.522. The number of hydrogen-bond donors (Lipinski definition) is 2. The fraction of sp³-hybridized carbons (Fsp3) is 0.533. The van der Waals surface area contributed by atoms with Gasteiger partial charge < -0.3 is 11.1 Å². The first-order valence-corrected chi connectivity index (χ1v) is 6.78. The summed E-state index contributed by atoms with van der Waals surface area (Å²) in [5.41, 5.74) is 7.86. The summed E-state index contributed by atoms with van der Waals surface area (Å²) in [5, 5.41) is 2.92. The van der Waals surface area contributed by atoms with E-state index in [1.165, 1.54) is 11.1 Å². The summed E-state index contributed by atoms with van der Waals surface area (Å²) >= 11 is 0. The van der Waals surface area contributed by atoms with E-state index >= 15 is 0 Å². The van der Waals surface area contributed by atoms with Crippen molar-refractivity contribution in [3.8, 4) is 0 Å². The van der Waals surface area contributed by atoms with Gasteiger partial charge in [0.1, 0.15) is 0 Å². The third-order valence-corrected chi connectivity index (χ3v) is 3.94. The second-order valence-electron chi connectivity index (χ2n) is 5.67. The highest BCUT2D eigenvalue weighted by Crippen LogP contribution is 2.29. The van der Waals surface area contributed by atoms with Crippen LogP contribution in [0.15, 0.2) is 24.3 Å². The molecule has 1 amide bonds. The van der Waals surface area contributed by atoms with E-state index in [1.54, 1.807) is 0 Å². The fourth-order valence-electron chi connectivity index (χ4n) is 2.78. The van der Waals surface area contributed by atoms with Crippen LogP contribution in [0.25, 0.3) is 0 Å². The molecule has 3 N–H and O–H groups in total. The molecule has 1 unspecified atom stereocenters. The molecule has 0 radical (unpaired) electrons. The topological polar surface area (TPSA) is 58.4 Å². The average molecular weight is 261 g/mol. The Hall–Kier alpha value is -1.39. The van der Waals surface area contributed by atoms with Crippen LogP contribution in [0.1, 0.15) is 31.0 Å². The molecule has 1 aromatic rings. The summed E-state index contributed by atoms with van der Waals surface area (Å²) in [4.78, 5) is 14.3. The summed E-state index contributed by atoms with van der Waals surface area (Å²) < 4.78 is 0. The molecule has 0 bridgehead atoms. The first-order valence-electron chi connectivity index (χ1n) is 6.78. The Morgan fingerprint density at radius 2 is 2.21 bits per heavy atom. The summed E-state index contributed by atoms with van der Waals surface area (Å²) in [6, 6.07) is 8.45. The Morgan fingerprint density at radius 1 is 1.47 bits per heavy atom. The number of amides is 1. The minimum Gasteiger partial charge on any atom is -0.353 e. The second-order valence-corrected chi connectivity index (χ2v) is 5.67. The first kappa shape index (κ1) is 14.0. The number of aryl methyl sites for hydroxylation is 1. The van der Waals surface area contributed by atoms with Gasteiger partial charge in [-0.25, -0.2) is 0 Å². The lowest BCUT2D eigenvalue weighted by Gasteiger charge is -2.45. The Morgan fingerprint density at radius 3 is 2.84 bits per heavy atom. The predicted molar refractivity (Wildman–Crippen MR) is 76.8 cm³/mol. The van der Waals surface area contributed by atoms with Crippen molar-refractivity contribution in [1.82, 2.24) is 10.2 Å². The molecule has 4 heteroatoms. The van der Waals surface area contributed by atoms with Crippen molar-refractivity contribution in [2.24, 2.45) is 5.73 Å². The van der Waals surface area contributed by atoms with Crippen LogP contribution in [-0.4, -0.2) is 36.0 Å². The van der Waals surface area contributed by atoms with Crippen LogP contribution >= 0.6 is 0 Å². The maximum absolute atomic E-state index is 12.1. The first-order chi connectivity index (χ1) is 8.96. The van der Waals surface area contributed by atoms with Crippen LogP contribution in [0, 0.1) is 6.92 Å². The number of carbonyl (C=O) groups excluding carboxylic acids is 1. The summed E-state index contributed by atoms with van der Waals surface area (Å²) in [7, 11) is 0. The largest absolute Gasteiger partial charge is 0.353 e. The molecule has 104 valence electrons. The lowest BCUT2D eigenvalue weighted by Crippen LogP contribution is -2.63. The maximum atomic E-state index is 12.1. The third-order valence-electron chi connectivity index (χ3n) is 3.94. The van der Waals surface area contributed by atoms with Gasteiger partial charge in [-0.05, 0) is 26.3 Å². The number of nitrogens with one attached hydrogen (secondary N) is 1. The number of rotatable bonds is 3. The van der Waals surface area contributed by atoms with E-state index in [-0.39, 0.29) is 11.9 Å². The van der Waals surface area contributed by atoms with Crippen LogP contribution in [0.2, 0.25) is 0 Å². The maximum Gasteiger partial charge on any atom is 0.240 e. The smallest absolute Gasteiger partial charge is 0.240 e. The molecule has 0 spiro atoms. The highest BCUT2D eigenvalue weighted by Gasteiger charge is 2.41. The van der Waals surface area contributed by atoms with Crippen molar-refractivity contribution < 1.29 is 4.79 Å². The van der Waals surface area contributed by atoms with E-state index in [0.717, 1.165) is 6.54 Å². The number of piperazine rings is 1. The van der Waals surface area contributed by atoms with Crippen LogP contribution in [0.4, 0.5) is 0 Å². The standard InChI is InChI=1S/C15H23N3O/c1-11-5-4-6-12(9-11)13(10-16)18-8-7-17-14(19)15(18,2)3/h4-6,9,13H,7-8,10,16H2,1-3H3,(H,17,19). The molecule has 0 aliphatic carbocycles. The monoisotopic (exact) mass is 261 g/mol. The molecule has 0 aromatic heterocycles. The molecular formula is C15H23N3O. The van der Waals surface area contributed by atoms with Crippen LogP contribution < -0.4 is 11.1 Å². The normalized spacial score (nSPS) is 20.9.